The summed E-state index contributed by atoms with van der Waals surface area (Å²) >= 11 is 1.49. The van der Waals surface area contributed by atoms with Gasteiger partial charge in [0.25, 0.3) is 5.91 Å². The van der Waals surface area contributed by atoms with E-state index in [1.54, 1.807) is 12.4 Å². The first-order valence-electron chi connectivity index (χ1n) is 12.4. The summed E-state index contributed by atoms with van der Waals surface area (Å²) in [5, 5.41) is 7.48. The van der Waals surface area contributed by atoms with E-state index in [0.717, 1.165) is 73.1 Å². The highest BCUT2D eigenvalue weighted by molar-refractivity contribution is 7.20. The third kappa shape index (κ3) is 6.31. The first kappa shape index (κ1) is 24.1. The van der Waals surface area contributed by atoms with Crippen LogP contribution in [-0.4, -0.2) is 60.7 Å². The average molecular weight is 473 g/mol. The maximum atomic E-state index is 13.0. The number of carbonyl (C=O) groups is 2. The number of fused-ring (bicyclic) bond motifs is 1. The first-order valence-corrected chi connectivity index (χ1v) is 13.2. The van der Waals surface area contributed by atoms with Gasteiger partial charge < -0.3 is 15.0 Å². The van der Waals surface area contributed by atoms with Crippen LogP contribution in [0.1, 0.15) is 61.5 Å². The molecule has 2 saturated heterocycles. The Morgan fingerprint density at radius 3 is 2.91 bits per heavy atom. The summed E-state index contributed by atoms with van der Waals surface area (Å²) in [6.45, 7) is 5.96. The topological polar surface area (TPSA) is 83.6 Å². The third-order valence-electron chi connectivity index (χ3n) is 6.86. The third-order valence-corrected chi connectivity index (χ3v) is 7.95. The van der Waals surface area contributed by atoms with Crippen molar-refractivity contribution in [3.63, 3.8) is 0 Å². The predicted octanol–water partition coefficient (Wildman–Crippen LogP) is 3.80. The maximum absolute atomic E-state index is 13.0. The van der Waals surface area contributed by atoms with Gasteiger partial charge in [0.1, 0.15) is 6.23 Å². The van der Waals surface area contributed by atoms with Crippen molar-refractivity contribution in [3.05, 3.63) is 29.4 Å². The molecule has 2 N–H and O–H groups in total. The molecule has 2 aliphatic heterocycles. The fourth-order valence-corrected chi connectivity index (χ4v) is 5.93. The van der Waals surface area contributed by atoms with Crippen LogP contribution in [0, 0.1) is 11.8 Å². The molecule has 2 unspecified atom stereocenters. The van der Waals surface area contributed by atoms with Gasteiger partial charge in [-0.25, -0.2) is 0 Å². The quantitative estimate of drug-likeness (QED) is 0.543. The Morgan fingerprint density at radius 1 is 1.27 bits per heavy atom. The molecule has 2 aliphatic rings. The van der Waals surface area contributed by atoms with Crippen LogP contribution < -0.4 is 10.6 Å². The molecule has 2 aromatic rings. The summed E-state index contributed by atoms with van der Waals surface area (Å²) in [6.07, 6.45) is 10.8. The Hall–Kier alpha value is -2.03. The van der Waals surface area contributed by atoms with Crippen molar-refractivity contribution < 1.29 is 14.3 Å². The highest BCUT2D eigenvalue weighted by Gasteiger charge is 2.35. The molecule has 4 heterocycles. The number of carbonyl (C=O) groups excluding carboxylic acids is 2. The van der Waals surface area contributed by atoms with E-state index in [4.69, 9.17) is 4.74 Å². The molecule has 0 aromatic carbocycles. The van der Waals surface area contributed by atoms with Crippen molar-refractivity contribution in [2.45, 2.75) is 58.1 Å². The number of nitrogens with zero attached hydrogens (tertiary/aromatic N) is 2. The highest BCUT2D eigenvalue weighted by Crippen LogP contribution is 2.27. The van der Waals surface area contributed by atoms with Crippen molar-refractivity contribution in [3.8, 4) is 0 Å². The van der Waals surface area contributed by atoms with E-state index in [1.165, 1.54) is 17.8 Å². The number of pyridine rings is 1. The van der Waals surface area contributed by atoms with Gasteiger partial charge in [0.2, 0.25) is 5.91 Å². The molecule has 33 heavy (non-hydrogen) atoms. The summed E-state index contributed by atoms with van der Waals surface area (Å²) in [5.41, 5.74) is 0. The zero-order valence-electron chi connectivity index (χ0n) is 19.6. The number of piperidine rings is 2. The second-order valence-electron chi connectivity index (χ2n) is 9.12. The molecule has 180 valence electrons. The Kier molecular flexibility index (Phi) is 8.69. The summed E-state index contributed by atoms with van der Waals surface area (Å²) in [4.78, 5) is 32.4. The normalized spacial score (nSPS) is 21.9. The van der Waals surface area contributed by atoms with E-state index in [9.17, 15) is 9.59 Å². The van der Waals surface area contributed by atoms with Crippen molar-refractivity contribution in [2.24, 2.45) is 11.8 Å². The molecule has 2 amide bonds. The van der Waals surface area contributed by atoms with Crippen LogP contribution in [0.15, 0.2) is 24.5 Å². The van der Waals surface area contributed by atoms with Gasteiger partial charge >= 0.3 is 0 Å². The van der Waals surface area contributed by atoms with Crippen molar-refractivity contribution in [1.82, 2.24) is 20.5 Å². The van der Waals surface area contributed by atoms with E-state index in [-0.39, 0.29) is 24.0 Å². The fourth-order valence-electron chi connectivity index (χ4n) is 4.99. The van der Waals surface area contributed by atoms with Gasteiger partial charge in [-0.15, -0.1) is 11.3 Å². The van der Waals surface area contributed by atoms with Crippen molar-refractivity contribution in [1.29, 1.82) is 0 Å². The largest absolute Gasteiger partial charge is 0.363 e. The molecular formula is C25H36N4O3S. The molecule has 0 aliphatic carbocycles. The number of thiophene rings is 1. The van der Waals surface area contributed by atoms with E-state index in [2.05, 4.69) is 20.5 Å². The Morgan fingerprint density at radius 2 is 2.12 bits per heavy atom. The van der Waals surface area contributed by atoms with E-state index < -0.39 is 0 Å². The van der Waals surface area contributed by atoms with Crippen LogP contribution in [-0.2, 0) is 9.53 Å². The monoisotopic (exact) mass is 472 g/mol. The highest BCUT2D eigenvalue weighted by atomic mass is 32.1. The predicted molar refractivity (Wildman–Crippen MR) is 131 cm³/mol. The van der Waals surface area contributed by atoms with Crippen molar-refractivity contribution >= 4 is 33.2 Å². The van der Waals surface area contributed by atoms with Gasteiger partial charge in [0, 0.05) is 38.6 Å². The number of aromatic nitrogens is 1. The van der Waals surface area contributed by atoms with Crippen LogP contribution in [0.3, 0.4) is 0 Å². The molecule has 4 rings (SSSR count). The number of amides is 2. The number of unbranched alkanes of at least 4 members (excludes halogenated alkanes) is 1. The molecule has 0 radical (unpaired) electrons. The number of nitrogens with one attached hydrogen (secondary N) is 2. The van der Waals surface area contributed by atoms with Crippen molar-refractivity contribution in [2.75, 3.05) is 32.8 Å². The summed E-state index contributed by atoms with van der Waals surface area (Å²) < 4.78 is 6.82. The number of hydrogen-bond donors (Lipinski definition) is 2. The fraction of sp³-hybridized carbons (Fsp3) is 0.640. The molecule has 8 heteroatoms. The van der Waals surface area contributed by atoms with E-state index in [1.807, 2.05) is 19.1 Å². The summed E-state index contributed by atoms with van der Waals surface area (Å²) in [5.74, 6) is 0.896. The molecular weight excluding hydrogens is 436 g/mol. The van der Waals surface area contributed by atoms with Gasteiger partial charge in [-0.05, 0) is 69.0 Å². The molecule has 0 bridgehead atoms. The minimum atomic E-state index is -0.131. The van der Waals surface area contributed by atoms with Gasteiger partial charge in [0.05, 0.1) is 15.5 Å². The lowest BCUT2D eigenvalue weighted by Crippen LogP contribution is -2.52. The van der Waals surface area contributed by atoms with E-state index in [0.29, 0.717) is 19.1 Å². The van der Waals surface area contributed by atoms with Crippen LogP contribution in [0.2, 0.25) is 0 Å². The Labute approximate surface area is 200 Å². The standard InChI is InChI=1S/C25H36N4O3S/c1-2-32-24-20(7-5-12-28-24)25(31)29-14-9-18(10-15-29)6-3-4-11-27-23(30)21-16-19-8-13-26-17-22(19)33-21/h8,13,16-18,20,24,28H,2-7,9-12,14-15H2,1H3,(H,27,30). The second-order valence-corrected chi connectivity index (χ2v) is 10.2. The lowest BCUT2D eigenvalue weighted by molar-refractivity contribution is -0.145. The minimum absolute atomic E-state index is 0.00517. The number of ether oxygens (including phenoxy) is 1. The summed E-state index contributed by atoms with van der Waals surface area (Å²) in [7, 11) is 0. The van der Waals surface area contributed by atoms with Crippen LogP contribution >= 0.6 is 11.3 Å². The lowest BCUT2D eigenvalue weighted by Gasteiger charge is -2.38. The number of rotatable bonds is 9. The van der Waals surface area contributed by atoms with Gasteiger partial charge in [0.15, 0.2) is 0 Å². The smallest absolute Gasteiger partial charge is 0.261 e. The van der Waals surface area contributed by atoms with Gasteiger partial charge in [-0.3, -0.25) is 19.9 Å². The first-order chi connectivity index (χ1) is 16.2. The molecule has 2 atom stereocenters. The zero-order valence-corrected chi connectivity index (χ0v) is 20.4. The zero-order chi connectivity index (χ0) is 23.0. The van der Waals surface area contributed by atoms with Crippen LogP contribution in [0.4, 0.5) is 0 Å². The molecule has 7 nitrogen and oxygen atoms in total. The summed E-state index contributed by atoms with van der Waals surface area (Å²) in [6, 6.07) is 3.87. The van der Waals surface area contributed by atoms with Crippen LogP contribution in [0.5, 0.6) is 0 Å². The number of likely N-dealkylation sites (tertiary alicyclic amines) is 1. The number of hydrogen-bond acceptors (Lipinski definition) is 6. The maximum Gasteiger partial charge on any atom is 0.261 e. The average Bonchev–Trinajstić information content (AvgIpc) is 3.29. The SMILES string of the molecule is CCOC1NCCCC1C(=O)N1CCC(CCCCNC(=O)c2cc3ccncc3s2)CC1. The van der Waals surface area contributed by atoms with Gasteiger partial charge in [-0.2, -0.15) is 0 Å². The molecule has 2 fully saturated rings. The van der Waals surface area contributed by atoms with Crippen LogP contribution in [0.25, 0.3) is 10.1 Å². The Balaban J connectivity index is 1.12. The minimum Gasteiger partial charge on any atom is -0.363 e. The Bertz CT molecular complexity index is 890. The van der Waals surface area contributed by atoms with Gasteiger partial charge in [-0.1, -0.05) is 12.8 Å². The molecule has 0 spiro atoms. The molecule has 0 saturated carbocycles. The van der Waals surface area contributed by atoms with E-state index >= 15 is 0 Å². The second kappa shape index (κ2) is 11.9. The molecule has 2 aromatic heterocycles. The lowest BCUT2D eigenvalue weighted by atomic mass is 9.89.